The first kappa shape index (κ1) is 16.2. The highest BCUT2D eigenvalue weighted by molar-refractivity contribution is 6.07. The quantitative estimate of drug-likeness (QED) is 0.663. The minimum Gasteiger partial charge on any atom is -0.494 e. The predicted molar refractivity (Wildman–Crippen MR) is 76.4 cm³/mol. The Labute approximate surface area is 123 Å². The van der Waals surface area contributed by atoms with Crippen molar-refractivity contribution in [2.75, 3.05) is 13.2 Å². The number of hydrogen-bond acceptors (Lipinski definition) is 5. The molecule has 0 radical (unpaired) electrons. The van der Waals surface area contributed by atoms with Crippen molar-refractivity contribution < 1.29 is 19.1 Å². The SMILES string of the molecule is CCOC(=O)NC(=O)/C(C#N)=C\c1ccc(OCC)cc1. The monoisotopic (exact) mass is 288 g/mol. The van der Waals surface area contributed by atoms with Crippen LogP contribution in [0.15, 0.2) is 29.8 Å². The molecule has 1 rings (SSSR count). The number of amides is 2. The molecule has 0 fully saturated rings. The molecule has 21 heavy (non-hydrogen) atoms. The summed E-state index contributed by atoms with van der Waals surface area (Å²) in [5.41, 5.74) is 0.459. The second kappa shape index (κ2) is 8.38. The lowest BCUT2D eigenvalue weighted by molar-refractivity contribution is -0.116. The van der Waals surface area contributed by atoms with Crippen LogP contribution in [-0.2, 0) is 9.53 Å². The van der Waals surface area contributed by atoms with Gasteiger partial charge in [0, 0.05) is 0 Å². The van der Waals surface area contributed by atoms with Crippen molar-refractivity contribution in [3.8, 4) is 11.8 Å². The fourth-order valence-corrected chi connectivity index (χ4v) is 1.47. The molecule has 0 bridgehead atoms. The van der Waals surface area contributed by atoms with Crippen molar-refractivity contribution in [1.29, 1.82) is 5.26 Å². The molecule has 0 saturated heterocycles. The van der Waals surface area contributed by atoms with Crippen LogP contribution in [0.2, 0.25) is 0 Å². The van der Waals surface area contributed by atoms with E-state index >= 15 is 0 Å². The summed E-state index contributed by atoms with van der Waals surface area (Å²) in [5, 5.41) is 11.0. The lowest BCUT2D eigenvalue weighted by Crippen LogP contribution is -2.31. The van der Waals surface area contributed by atoms with Gasteiger partial charge in [-0.1, -0.05) is 12.1 Å². The Morgan fingerprint density at radius 2 is 1.90 bits per heavy atom. The van der Waals surface area contributed by atoms with Gasteiger partial charge in [0.15, 0.2) is 0 Å². The van der Waals surface area contributed by atoms with Crippen LogP contribution in [0.5, 0.6) is 5.75 Å². The number of nitrogens with zero attached hydrogens (tertiary/aromatic N) is 1. The third-order valence-corrected chi connectivity index (χ3v) is 2.36. The summed E-state index contributed by atoms with van der Waals surface area (Å²) in [4.78, 5) is 22.8. The smallest absolute Gasteiger partial charge is 0.414 e. The molecular formula is C15H16N2O4. The van der Waals surface area contributed by atoms with E-state index in [-0.39, 0.29) is 12.2 Å². The summed E-state index contributed by atoms with van der Waals surface area (Å²) in [6, 6.07) is 8.62. The molecule has 2 amide bonds. The molecule has 0 aliphatic carbocycles. The van der Waals surface area contributed by atoms with E-state index in [2.05, 4.69) is 4.74 Å². The number of nitrogens with one attached hydrogen (secondary N) is 1. The topological polar surface area (TPSA) is 88.4 Å². The number of carbonyl (C=O) groups is 2. The maximum absolute atomic E-state index is 11.7. The van der Waals surface area contributed by atoms with Crippen LogP contribution in [0, 0.1) is 11.3 Å². The Balaban J connectivity index is 2.81. The maximum Gasteiger partial charge on any atom is 0.414 e. The minimum atomic E-state index is -0.879. The third kappa shape index (κ3) is 5.37. The van der Waals surface area contributed by atoms with Crippen LogP contribution < -0.4 is 10.1 Å². The second-order valence-electron chi connectivity index (χ2n) is 3.85. The normalized spacial score (nSPS) is 10.4. The van der Waals surface area contributed by atoms with Crippen molar-refractivity contribution in [3.05, 3.63) is 35.4 Å². The minimum absolute atomic E-state index is 0.142. The van der Waals surface area contributed by atoms with Crippen molar-refractivity contribution >= 4 is 18.1 Å². The Morgan fingerprint density at radius 1 is 1.24 bits per heavy atom. The highest BCUT2D eigenvalue weighted by Gasteiger charge is 2.13. The third-order valence-electron chi connectivity index (χ3n) is 2.36. The summed E-state index contributed by atoms with van der Waals surface area (Å²) < 4.78 is 9.87. The Morgan fingerprint density at radius 3 is 2.43 bits per heavy atom. The van der Waals surface area contributed by atoms with Gasteiger partial charge < -0.3 is 9.47 Å². The van der Waals surface area contributed by atoms with Gasteiger partial charge in [0.05, 0.1) is 13.2 Å². The van der Waals surface area contributed by atoms with Gasteiger partial charge in [0.1, 0.15) is 17.4 Å². The Bertz CT molecular complexity index is 570. The predicted octanol–water partition coefficient (Wildman–Crippen LogP) is 2.26. The number of ether oxygens (including phenoxy) is 2. The molecule has 1 aromatic rings. The molecule has 110 valence electrons. The molecule has 6 heteroatoms. The van der Waals surface area contributed by atoms with Crippen molar-refractivity contribution in [2.24, 2.45) is 0 Å². The zero-order chi connectivity index (χ0) is 15.7. The molecule has 0 aliphatic heterocycles. The van der Waals surface area contributed by atoms with Gasteiger partial charge in [-0.25, -0.2) is 4.79 Å². The number of carbonyl (C=O) groups excluding carboxylic acids is 2. The van der Waals surface area contributed by atoms with Crippen LogP contribution in [-0.4, -0.2) is 25.2 Å². The number of benzene rings is 1. The molecule has 1 N–H and O–H groups in total. The lowest BCUT2D eigenvalue weighted by Gasteiger charge is -2.04. The Hall–Kier alpha value is -2.81. The number of nitriles is 1. The van der Waals surface area contributed by atoms with Gasteiger partial charge in [-0.2, -0.15) is 5.26 Å². The van der Waals surface area contributed by atoms with E-state index in [1.807, 2.05) is 12.2 Å². The number of rotatable bonds is 5. The molecule has 0 atom stereocenters. The van der Waals surface area contributed by atoms with Gasteiger partial charge in [0.2, 0.25) is 0 Å². The summed E-state index contributed by atoms with van der Waals surface area (Å²) >= 11 is 0. The second-order valence-corrected chi connectivity index (χ2v) is 3.85. The summed E-state index contributed by atoms with van der Waals surface area (Å²) in [6.07, 6.45) is 0.500. The first-order chi connectivity index (χ1) is 10.1. The van der Waals surface area contributed by atoms with Crippen LogP contribution >= 0.6 is 0 Å². The van der Waals surface area contributed by atoms with Crippen molar-refractivity contribution in [3.63, 3.8) is 0 Å². The van der Waals surface area contributed by atoms with Gasteiger partial charge >= 0.3 is 6.09 Å². The molecule has 6 nitrogen and oxygen atoms in total. The standard InChI is InChI=1S/C15H16N2O4/c1-3-20-13-7-5-11(6-8-13)9-12(10-16)14(18)17-15(19)21-4-2/h5-9H,3-4H2,1-2H3,(H,17,18,19)/b12-9-. The molecule has 0 heterocycles. The van der Waals surface area contributed by atoms with Crippen LogP contribution in [0.1, 0.15) is 19.4 Å². The Kier molecular flexibility index (Phi) is 6.48. The van der Waals surface area contributed by atoms with E-state index in [0.717, 1.165) is 0 Å². The highest BCUT2D eigenvalue weighted by atomic mass is 16.5. The van der Waals surface area contributed by atoms with E-state index < -0.39 is 12.0 Å². The van der Waals surface area contributed by atoms with Crippen molar-refractivity contribution in [1.82, 2.24) is 5.32 Å². The van der Waals surface area contributed by atoms with Gasteiger partial charge in [-0.3, -0.25) is 10.1 Å². The van der Waals surface area contributed by atoms with Crippen LogP contribution in [0.4, 0.5) is 4.79 Å². The maximum atomic E-state index is 11.7. The van der Waals surface area contributed by atoms with Gasteiger partial charge in [-0.05, 0) is 37.6 Å². The van der Waals surface area contributed by atoms with Crippen LogP contribution in [0.25, 0.3) is 6.08 Å². The van der Waals surface area contributed by atoms with Crippen LogP contribution in [0.3, 0.4) is 0 Å². The molecule has 1 aromatic carbocycles. The summed E-state index contributed by atoms with van der Waals surface area (Å²) in [6.45, 7) is 4.19. The fraction of sp³-hybridized carbons (Fsp3) is 0.267. The average Bonchev–Trinajstić information content (AvgIpc) is 2.46. The largest absolute Gasteiger partial charge is 0.494 e. The number of alkyl carbamates (subject to hydrolysis) is 1. The summed E-state index contributed by atoms with van der Waals surface area (Å²) in [5.74, 6) is -0.103. The van der Waals surface area contributed by atoms with E-state index in [1.165, 1.54) is 6.08 Å². The first-order valence-corrected chi connectivity index (χ1v) is 6.43. The molecule has 0 unspecified atom stereocenters. The van der Waals surface area contributed by atoms with E-state index in [1.54, 1.807) is 37.3 Å². The molecular weight excluding hydrogens is 272 g/mol. The number of hydrogen-bond donors (Lipinski definition) is 1. The molecule has 0 saturated carbocycles. The molecule has 0 aromatic heterocycles. The van der Waals surface area contributed by atoms with E-state index in [9.17, 15) is 9.59 Å². The van der Waals surface area contributed by atoms with E-state index in [4.69, 9.17) is 10.00 Å². The summed E-state index contributed by atoms with van der Waals surface area (Å²) in [7, 11) is 0. The molecule has 0 spiro atoms. The van der Waals surface area contributed by atoms with Gasteiger partial charge in [0.25, 0.3) is 5.91 Å². The zero-order valence-corrected chi connectivity index (χ0v) is 11.9. The van der Waals surface area contributed by atoms with E-state index in [0.29, 0.717) is 17.9 Å². The first-order valence-electron chi connectivity index (χ1n) is 6.43. The molecule has 0 aliphatic rings. The lowest BCUT2D eigenvalue weighted by atomic mass is 10.1. The van der Waals surface area contributed by atoms with Gasteiger partial charge in [-0.15, -0.1) is 0 Å². The van der Waals surface area contributed by atoms with Crippen molar-refractivity contribution in [2.45, 2.75) is 13.8 Å². The zero-order valence-electron chi connectivity index (χ0n) is 11.9. The number of imide groups is 1. The fourth-order valence-electron chi connectivity index (χ4n) is 1.47. The average molecular weight is 288 g/mol. The highest BCUT2D eigenvalue weighted by Crippen LogP contribution is 2.14.